The van der Waals surface area contributed by atoms with Crippen LogP contribution in [0.1, 0.15) is 5.56 Å². The Hall–Kier alpha value is -1.88. The van der Waals surface area contributed by atoms with E-state index in [0.717, 1.165) is 6.20 Å². The number of hydrogen-bond acceptors (Lipinski definition) is 4. The van der Waals surface area contributed by atoms with Gasteiger partial charge >= 0.3 is 0 Å². The van der Waals surface area contributed by atoms with E-state index in [9.17, 15) is 14.9 Å². The average molecular weight is 241 g/mol. The predicted octanol–water partition coefficient (Wildman–Crippen LogP) is 1.70. The highest BCUT2D eigenvalue weighted by Crippen LogP contribution is 2.15. The van der Waals surface area contributed by atoms with Gasteiger partial charge in [-0.15, -0.1) is 0 Å². The Morgan fingerprint density at radius 2 is 2.06 bits per heavy atom. The molecular formula is C10H9ClN2O3. The monoisotopic (exact) mass is 240 g/mol. The minimum atomic E-state index is -0.582. The molecule has 0 spiro atoms. The van der Waals surface area contributed by atoms with Crippen molar-refractivity contribution in [3.8, 4) is 0 Å². The van der Waals surface area contributed by atoms with E-state index in [-0.39, 0.29) is 12.2 Å². The first kappa shape index (κ1) is 12.2. The number of rotatable bonds is 5. The Kier molecular flexibility index (Phi) is 4.47. The third-order valence-corrected chi connectivity index (χ3v) is 2.02. The van der Waals surface area contributed by atoms with E-state index in [4.69, 9.17) is 11.6 Å². The number of nitro groups is 1. The summed E-state index contributed by atoms with van der Waals surface area (Å²) < 4.78 is 0. The summed E-state index contributed by atoms with van der Waals surface area (Å²) >= 11 is 5.70. The summed E-state index contributed by atoms with van der Waals surface area (Å²) in [5.41, 5.74) is 0.872. The van der Waals surface area contributed by atoms with Gasteiger partial charge < -0.3 is 10.1 Å². The zero-order chi connectivity index (χ0) is 12.0. The zero-order valence-corrected chi connectivity index (χ0v) is 8.98. The number of carbonyl (C=O) groups is 1. The molecule has 0 saturated carbocycles. The predicted molar refractivity (Wildman–Crippen MR) is 60.5 cm³/mol. The molecule has 1 N–H and O–H groups in total. The SMILES string of the molecule is O=CCNC(=C[N+](=O)[O-])c1ccc(Cl)cc1. The number of nitrogens with zero attached hydrogens (tertiary/aromatic N) is 1. The first-order valence-electron chi connectivity index (χ1n) is 4.42. The number of aldehydes is 1. The van der Waals surface area contributed by atoms with Crippen molar-refractivity contribution in [2.75, 3.05) is 6.54 Å². The first-order chi connectivity index (χ1) is 7.63. The lowest BCUT2D eigenvalue weighted by molar-refractivity contribution is -0.401. The minimum absolute atomic E-state index is 0.0162. The Labute approximate surface area is 96.9 Å². The zero-order valence-electron chi connectivity index (χ0n) is 8.22. The molecule has 1 aromatic rings. The molecule has 1 rings (SSSR count). The van der Waals surface area contributed by atoms with Gasteiger partial charge in [0.25, 0.3) is 6.20 Å². The summed E-state index contributed by atoms with van der Waals surface area (Å²) in [6.07, 6.45) is 1.44. The van der Waals surface area contributed by atoms with Crippen LogP contribution in [0.25, 0.3) is 5.70 Å². The van der Waals surface area contributed by atoms with Crippen LogP contribution >= 0.6 is 11.6 Å². The highest BCUT2D eigenvalue weighted by atomic mass is 35.5. The highest BCUT2D eigenvalue weighted by Gasteiger charge is 2.05. The summed E-state index contributed by atoms with van der Waals surface area (Å²) in [5, 5.41) is 13.6. The van der Waals surface area contributed by atoms with Crippen molar-refractivity contribution < 1.29 is 9.72 Å². The maximum absolute atomic E-state index is 10.4. The second kappa shape index (κ2) is 5.87. The Morgan fingerprint density at radius 3 is 2.56 bits per heavy atom. The normalized spacial score (nSPS) is 10.9. The van der Waals surface area contributed by atoms with Gasteiger partial charge in [0, 0.05) is 10.6 Å². The van der Waals surface area contributed by atoms with Crippen LogP contribution in [0.5, 0.6) is 0 Å². The molecule has 0 fully saturated rings. The van der Waals surface area contributed by atoms with E-state index in [1.807, 2.05) is 0 Å². The van der Waals surface area contributed by atoms with Crippen LogP contribution < -0.4 is 5.32 Å². The lowest BCUT2D eigenvalue weighted by atomic mass is 10.1. The molecule has 1 aromatic carbocycles. The van der Waals surface area contributed by atoms with Gasteiger partial charge in [-0.1, -0.05) is 23.7 Å². The van der Waals surface area contributed by atoms with Gasteiger partial charge in [0.05, 0.1) is 11.5 Å². The van der Waals surface area contributed by atoms with Crippen molar-refractivity contribution in [2.24, 2.45) is 0 Å². The summed E-state index contributed by atoms with van der Waals surface area (Å²) in [6.45, 7) is 0.0162. The molecule has 0 unspecified atom stereocenters. The maximum atomic E-state index is 10.4. The molecule has 16 heavy (non-hydrogen) atoms. The Bertz CT molecular complexity index is 415. The number of hydrogen-bond donors (Lipinski definition) is 1. The largest absolute Gasteiger partial charge is 0.373 e. The minimum Gasteiger partial charge on any atom is -0.373 e. The van der Waals surface area contributed by atoms with Crippen molar-refractivity contribution in [2.45, 2.75) is 0 Å². The summed E-state index contributed by atoms with van der Waals surface area (Å²) in [7, 11) is 0. The van der Waals surface area contributed by atoms with E-state index in [0.29, 0.717) is 16.9 Å². The number of halogens is 1. The molecule has 6 heteroatoms. The van der Waals surface area contributed by atoms with Gasteiger partial charge in [-0.3, -0.25) is 10.1 Å². The van der Waals surface area contributed by atoms with Gasteiger partial charge in [-0.2, -0.15) is 0 Å². The van der Waals surface area contributed by atoms with E-state index in [1.165, 1.54) is 0 Å². The smallest absolute Gasteiger partial charge is 0.258 e. The molecule has 0 aliphatic heterocycles. The molecule has 0 heterocycles. The quantitative estimate of drug-likeness (QED) is 0.483. The summed E-state index contributed by atoms with van der Waals surface area (Å²) in [6, 6.07) is 6.51. The van der Waals surface area contributed by atoms with Crippen molar-refractivity contribution in [3.63, 3.8) is 0 Å². The lowest BCUT2D eigenvalue weighted by Gasteiger charge is -2.05. The molecule has 0 amide bonds. The van der Waals surface area contributed by atoms with Gasteiger partial charge in [-0.05, 0) is 12.1 Å². The average Bonchev–Trinajstić information content (AvgIpc) is 2.25. The fourth-order valence-corrected chi connectivity index (χ4v) is 1.23. The molecular weight excluding hydrogens is 232 g/mol. The van der Waals surface area contributed by atoms with Gasteiger partial charge in [0.15, 0.2) is 0 Å². The first-order valence-corrected chi connectivity index (χ1v) is 4.80. The topological polar surface area (TPSA) is 72.2 Å². The van der Waals surface area contributed by atoms with Crippen LogP contribution in [0, 0.1) is 10.1 Å². The van der Waals surface area contributed by atoms with Crippen LogP contribution in [-0.4, -0.2) is 17.8 Å². The van der Waals surface area contributed by atoms with Gasteiger partial charge in [0.2, 0.25) is 0 Å². The Balaban J connectivity index is 2.96. The molecule has 84 valence electrons. The highest BCUT2D eigenvalue weighted by molar-refractivity contribution is 6.30. The number of nitrogens with one attached hydrogen (secondary N) is 1. The molecule has 0 bridgehead atoms. The van der Waals surface area contributed by atoms with Crippen LogP contribution in [0.4, 0.5) is 0 Å². The number of benzene rings is 1. The fourth-order valence-electron chi connectivity index (χ4n) is 1.11. The third kappa shape index (κ3) is 3.70. The van der Waals surface area contributed by atoms with Crippen LogP contribution in [-0.2, 0) is 4.79 Å². The van der Waals surface area contributed by atoms with E-state index < -0.39 is 4.92 Å². The molecule has 0 aromatic heterocycles. The second-order valence-electron chi connectivity index (χ2n) is 2.88. The van der Waals surface area contributed by atoms with Crippen LogP contribution in [0.15, 0.2) is 30.5 Å². The Morgan fingerprint density at radius 1 is 1.44 bits per heavy atom. The van der Waals surface area contributed by atoms with E-state index in [2.05, 4.69) is 5.32 Å². The third-order valence-electron chi connectivity index (χ3n) is 1.77. The standard InChI is InChI=1S/C10H9ClN2O3/c11-9-3-1-8(2-4-9)10(7-13(15)16)12-5-6-14/h1-4,6-7,12H,5H2. The maximum Gasteiger partial charge on any atom is 0.258 e. The molecule has 0 radical (unpaired) electrons. The molecule has 0 aliphatic rings. The van der Waals surface area contributed by atoms with Crippen molar-refractivity contribution >= 4 is 23.6 Å². The van der Waals surface area contributed by atoms with Crippen molar-refractivity contribution in [3.05, 3.63) is 51.2 Å². The number of carbonyl (C=O) groups excluding carboxylic acids is 1. The van der Waals surface area contributed by atoms with Gasteiger partial charge in [-0.25, -0.2) is 0 Å². The van der Waals surface area contributed by atoms with Crippen molar-refractivity contribution in [1.82, 2.24) is 5.32 Å². The van der Waals surface area contributed by atoms with E-state index >= 15 is 0 Å². The molecule has 5 nitrogen and oxygen atoms in total. The van der Waals surface area contributed by atoms with E-state index in [1.54, 1.807) is 24.3 Å². The molecule has 0 aliphatic carbocycles. The van der Waals surface area contributed by atoms with Crippen LogP contribution in [0.2, 0.25) is 5.02 Å². The van der Waals surface area contributed by atoms with Crippen molar-refractivity contribution in [1.29, 1.82) is 0 Å². The molecule has 0 saturated heterocycles. The fraction of sp³-hybridized carbons (Fsp3) is 0.100. The van der Waals surface area contributed by atoms with Gasteiger partial charge in [0.1, 0.15) is 12.0 Å². The summed E-state index contributed by atoms with van der Waals surface area (Å²) in [5.74, 6) is 0. The molecule has 0 atom stereocenters. The second-order valence-corrected chi connectivity index (χ2v) is 3.32. The summed E-state index contributed by atoms with van der Waals surface area (Å²) in [4.78, 5) is 20.0. The lowest BCUT2D eigenvalue weighted by Crippen LogP contribution is -2.15. The van der Waals surface area contributed by atoms with Crippen LogP contribution in [0.3, 0.4) is 0 Å².